The lowest BCUT2D eigenvalue weighted by Crippen LogP contribution is -2.12. The van der Waals surface area contributed by atoms with Gasteiger partial charge in [0, 0.05) is 18.1 Å². The van der Waals surface area contributed by atoms with Crippen molar-refractivity contribution in [2.24, 2.45) is 0 Å². The summed E-state index contributed by atoms with van der Waals surface area (Å²) in [4.78, 5) is 10.9. The van der Waals surface area contributed by atoms with Crippen LogP contribution in [0.1, 0.15) is 37.3 Å². The van der Waals surface area contributed by atoms with Gasteiger partial charge >= 0.3 is 6.16 Å². The number of hydrogen-bond acceptors (Lipinski definition) is 3. The maximum absolute atomic E-state index is 10.9. The second-order valence-corrected chi connectivity index (χ2v) is 5.58. The molecule has 0 aliphatic heterocycles. The van der Waals surface area contributed by atoms with Crippen LogP contribution < -0.4 is 4.74 Å². The summed E-state index contributed by atoms with van der Waals surface area (Å²) in [7, 11) is 0. The Balaban J connectivity index is 2.31. The SMILES string of the molecule is CC(C)OCCC(c1ccccc1)c1ccccc1OC(=O)O. The summed E-state index contributed by atoms with van der Waals surface area (Å²) >= 11 is 0. The number of carbonyl (C=O) groups is 1. The van der Waals surface area contributed by atoms with Crippen LogP contribution in [0.15, 0.2) is 54.6 Å². The van der Waals surface area contributed by atoms with E-state index in [-0.39, 0.29) is 12.0 Å². The Kier molecular flexibility index (Phi) is 6.18. The minimum Gasteiger partial charge on any atom is -0.449 e. The van der Waals surface area contributed by atoms with Crippen molar-refractivity contribution in [2.75, 3.05) is 6.61 Å². The lowest BCUT2D eigenvalue weighted by Gasteiger charge is -2.21. The molecule has 0 spiro atoms. The number of ether oxygens (including phenoxy) is 2. The summed E-state index contributed by atoms with van der Waals surface area (Å²) < 4.78 is 10.6. The number of benzene rings is 2. The smallest absolute Gasteiger partial charge is 0.449 e. The monoisotopic (exact) mass is 314 g/mol. The third-order valence-corrected chi connectivity index (χ3v) is 3.55. The molecule has 0 bridgehead atoms. The van der Waals surface area contributed by atoms with Gasteiger partial charge in [0.05, 0.1) is 6.10 Å². The molecular weight excluding hydrogens is 292 g/mol. The summed E-state index contributed by atoms with van der Waals surface area (Å²) in [5.74, 6) is 0.393. The van der Waals surface area contributed by atoms with E-state index in [0.717, 1.165) is 17.5 Å². The molecule has 0 saturated carbocycles. The van der Waals surface area contributed by atoms with Crippen molar-refractivity contribution in [1.82, 2.24) is 0 Å². The molecule has 4 nitrogen and oxygen atoms in total. The molecule has 0 radical (unpaired) electrons. The zero-order valence-electron chi connectivity index (χ0n) is 13.4. The third-order valence-electron chi connectivity index (χ3n) is 3.55. The largest absolute Gasteiger partial charge is 0.511 e. The molecule has 0 aliphatic rings. The third kappa shape index (κ3) is 5.11. The first-order valence-corrected chi connectivity index (χ1v) is 7.74. The second kappa shape index (κ2) is 8.34. The molecule has 2 aromatic carbocycles. The van der Waals surface area contributed by atoms with Crippen LogP contribution in [0.4, 0.5) is 4.79 Å². The van der Waals surface area contributed by atoms with Crippen molar-refractivity contribution in [1.29, 1.82) is 0 Å². The van der Waals surface area contributed by atoms with E-state index in [1.165, 1.54) is 0 Å². The maximum atomic E-state index is 10.9. The number of carboxylic acid groups (broad SMARTS) is 1. The van der Waals surface area contributed by atoms with Gasteiger partial charge in [-0.3, -0.25) is 0 Å². The molecule has 0 amide bonds. The van der Waals surface area contributed by atoms with Gasteiger partial charge in [0.15, 0.2) is 0 Å². The molecule has 1 atom stereocenters. The van der Waals surface area contributed by atoms with Gasteiger partial charge in [0.25, 0.3) is 0 Å². The van der Waals surface area contributed by atoms with Gasteiger partial charge in [-0.05, 0) is 31.9 Å². The first-order valence-electron chi connectivity index (χ1n) is 7.74. The van der Waals surface area contributed by atoms with E-state index in [1.54, 1.807) is 12.1 Å². The van der Waals surface area contributed by atoms with Crippen molar-refractivity contribution in [2.45, 2.75) is 32.3 Å². The molecule has 1 N–H and O–H groups in total. The van der Waals surface area contributed by atoms with E-state index in [4.69, 9.17) is 14.6 Å². The minimum absolute atomic E-state index is 0.0190. The number of para-hydroxylation sites is 1. The van der Waals surface area contributed by atoms with Gasteiger partial charge in [0.1, 0.15) is 5.75 Å². The van der Waals surface area contributed by atoms with Gasteiger partial charge in [-0.1, -0.05) is 48.5 Å². The summed E-state index contributed by atoms with van der Waals surface area (Å²) in [6.07, 6.45) is -0.387. The van der Waals surface area contributed by atoms with E-state index < -0.39 is 6.16 Å². The molecule has 0 aromatic heterocycles. The van der Waals surface area contributed by atoms with Crippen LogP contribution in [0.3, 0.4) is 0 Å². The van der Waals surface area contributed by atoms with E-state index in [1.807, 2.05) is 56.3 Å². The van der Waals surface area contributed by atoms with Crippen LogP contribution in [0.5, 0.6) is 5.75 Å². The maximum Gasteiger partial charge on any atom is 0.511 e. The fourth-order valence-corrected chi connectivity index (χ4v) is 2.56. The molecule has 23 heavy (non-hydrogen) atoms. The molecule has 122 valence electrons. The average Bonchev–Trinajstić information content (AvgIpc) is 2.52. The molecule has 1 unspecified atom stereocenters. The van der Waals surface area contributed by atoms with Gasteiger partial charge in [-0.25, -0.2) is 4.79 Å². The van der Waals surface area contributed by atoms with Gasteiger partial charge in [-0.15, -0.1) is 0 Å². The topological polar surface area (TPSA) is 55.8 Å². The van der Waals surface area contributed by atoms with Crippen LogP contribution in [0.25, 0.3) is 0 Å². The Morgan fingerprint density at radius 1 is 1.04 bits per heavy atom. The highest BCUT2D eigenvalue weighted by Gasteiger charge is 2.19. The Labute approximate surface area is 136 Å². The van der Waals surface area contributed by atoms with Crippen LogP contribution >= 0.6 is 0 Å². The first-order chi connectivity index (χ1) is 11.1. The van der Waals surface area contributed by atoms with Crippen LogP contribution in [-0.2, 0) is 4.74 Å². The molecule has 4 heteroatoms. The van der Waals surface area contributed by atoms with Crippen LogP contribution in [-0.4, -0.2) is 24.0 Å². The molecule has 0 fully saturated rings. The van der Waals surface area contributed by atoms with Gasteiger partial charge < -0.3 is 14.6 Å². The summed E-state index contributed by atoms with van der Waals surface area (Å²) in [6.45, 7) is 4.59. The van der Waals surface area contributed by atoms with Crippen molar-refractivity contribution in [3.63, 3.8) is 0 Å². The first kappa shape index (κ1) is 17.0. The summed E-state index contributed by atoms with van der Waals surface area (Å²) in [6, 6.07) is 17.3. The zero-order chi connectivity index (χ0) is 16.7. The highest BCUT2D eigenvalue weighted by Crippen LogP contribution is 2.34. The van der Waals surface area contributed by atoms with Crippen molar-refractivity contribution in [3.8, 4) is 5.75 Å². The lowest BCUT2D eigenvalue weighted by atomic mass is 9.88. The molecule has 0 saturated heterocycles. The average molecular weight is 314 g/mol. The number of hydrogen-bond donors (Lipinski definition) is 1. The highest BCUT2D eigenvalue weighted by molar-refractivity contribution is 5.62. The normalized spacial score (nSPS) is 12.1. The molecule has 0 aliphatic carbocycles. The van der Waals surface area contributed by atoms with E-state index in [0.29, 0.717) is 12.4 Å². The quantitative estimate of drug-likeness (QED) is 0.595. The highest BCUT2D eigenvalue weighted by atomic mass is 16.7. The fraction of sp³-hybridized carbons (Fsp3) is 0.316. The molecule has 2 rings (SSSR count). The van der Waals surface area contributed by atoms with E-state index in [9.17, 15) is 4.79 Å². The standard InChI is InChI=1S/C19H22O4/c1-14(2)22-13-12-16(15-8-4-3-5-9-15)17-10-6-7-11-18(17)23-19(20)21/h3-11,14,16H,12-13H2,1-2H3,(H,20,21). The zero-order valence-corrected chi connectivity index (χ0v) is 13.4. The van der Waals surface area contributed by atoms with Crippen LogP contribution in [0, 0.1) is 0 Å². The van der Waals surface area contributed by atoms with E-state index >= 15 is 0 Å². The summed E-state index contributed by atoms with van der Waals surface area (Å²) in [5, 5.41) is 8.95. The Hall–Kier alpha value is -2.33. The Morgan fingerprint density at radius 2 is 1.70 bits per heavy atom. The predicted molar refractivity (Wildman–Crippen MR) is 89.1 cm³/mol. The fourth-order valence-electron chi connectivity index (χ4n) is 2.56. The molecule has 0 heterocycles. The van der Waals surface area contributed by atoms with Crippen molar-refractivity contribution in [3.05, 3.63) is 65.7 Å². The molecular formula is C19H22O4. The predicted octanol–water partition coefficient (Wildman–Crippen LogP) is 4.69. The number of rotatable bonds is 7. The Morgan fingerprint density at radius 3 is 2.35 bits per heavy atom. The van der Waals surface area contributed by atoms with Crippen molar-refractivity contribution >= 4 is 6.16 Å². The van der Waals surface area contributed by atoms with Gasteiger partial charge in [-0.2, -0.15) is 0 Å². The molecule has 2 aromatic rings. The van der Waals surface area contributed by atoms with E-state index in [2.05, 4.69) is 0 Å². The lowest BCUT2D eigenvalue weighted by molar-refractivity contribution is 0.0749. The van der Waals surface area contributed by atoms with Gasteiger partial charge in [0.2, 0.25) is 0 Å². The second-order valence-electron chi connectivity index (χ2n) is 5.58. The Bertz CT molecular complexity index is 622. The summed E-state index contributed by atoms with van der Waals surface area (Å²) in [5.41, 5.74) is 1.97. The van der Waals surface area contributed by atoms with Crippen molar-refractivity contribution < 1.29 is 19.4 Å². The van der Waals surface area contributed by atoms with Crippen LogP contribution in [0.2, 0.25) is 0 Å². The minimum atomic E-state index is -1.30.